The highest BCUT2D eigenvalue weighted by Gasteiger charge is 2.21. The second kappa shape index (κ2) is 14.4. The number of carbonyl (C=O) groups is 1. The number of thiazole rings is 1. The van der Waals surface area contributed by atoms with Gasteiger partial charge in [-0.15, -0.1) is 35.3 Å². The number of rotatable bonds is 9. The van der Waals surface area contributed by atoms with E-state index in [9.17, 15) is 4.79 Å². The predicted molar refractivity (Wildman–Crippen MR) is 130 cm³/mol. The van der Waals surface area contributed by atoms with Crippen molar-refractivity contribution in [1.29, 1.82) is 0 Å². The molecule has 2 rings (SSSR count). The van der Waals surface area contributed by atoms with Gasteiger partial charge in [-0.25, -0.2) is 4.98 Å². The summed E-state index contributed by atoms with van der Waals surface area (Å²) in [6.45, 7) is 11.8. The van der Waals surface area contributed by atoms with E-state index in [4.69, 9.17) is 4.99 Å². The van der Waals surface area contributed by atoms with E-state index in [0.29, 0.717) is 6.54 Å². The predicted octanol–water partition coefficient (Wildman–Crippen LogP) is 2.35. The molecule has 0 aromatic carbocycles. The first-order chi connectivity index (χ1) is 13.1. The second-order valence-electron chi connectivity index (χ2n) is 6.72. The van der Waals surface area contributed by atoms with Crippen molar-refractivity contribution in [2.24, 2.45) is 4.99 Å². The lowest BCUT2D eigenvalue weighted by Gasteiger charge is -2.36. The van der Waals surface area contributed by atoms with Gasteiger partial charge < -0.3 is 15.5 Å². The van der Waals surface area contributed by atoms with Gasteiger partial charge in [-0.1, -0.05) is 11.8 Å². The zero-order valence-corrected chi connectivity index (χ0v) is 21.0. The third-order valence-corrected chi connectivity index (χ3v) is 6.08. The van der Waals surface area contributed by atoms with Crippen molar-refractivity contribution < 1.29 is 4.79 Å². The third kappa shape index (κ3) is 9.75. The van der Waals surface area contributed by atoms with E-state index in [0.717, 1.165) is 61.7 Å². The number of carbonyl (C=O) groups excluding carboxylic acids is 1. The Hall–Kier alpha value is -0.590. The molecule has 28 heavy (non-hydrogen) atoms. The van der Waals surface area contributed by atoms with E-state index < -0.39 is 0 Å². The van der Waals surface area contributed by atoms with Crippen LogP contribution in [0.25, 0.3) is 0 Å². The molecular formula is C18H33IN6OS2. The van der Waals surface area contributed by atoms with E-state index in [1.807, 2.05) is 25.4 Å². The van der Waals surface area contributed by atoms with Crippen molar-refractivity contribution in [3.05, 3.63) is 11.6 Å². The summed E-state index contributed by atoms with van der Waals surface area (Å²) in [5, 5.41) is 8.37. The standard InChI is InChI=1S/C18H32N6OS2.HI/c1-4-19-17(20-6-5-12-26-18-21-7-13-27-18)24-10-8-23(9-11-24)14-16(25)22-15(2)3;/h7,13,15H,4-6,8-12,14H2,1-3H3,(H,19,20)(H,22,25);1H. The fourth-order valence-electron chi connectivity index (χ4n) is 2.80. The van der Waals surface area contributed by atoms with Gasteiger partial charge in [0.2, 0.25) is 5.91 Å². The van der Waals surface area contributed by atoms with Crippen molar-refractivity contribution in [2.45, 2.75) is 37.6 Å². The Morgan fingerprint density at radius 1 is 1.36 bits per heavy atom. The first kappa shape index (κ1) is 25.4. The molecule has 0 saturated carbocycles. The molecule has 1 amide bonds. The molecule has 1 aromatic heterocycles. The van der Waals surface area contributed by atoms with Gasteiger partial charge in [0.25, 0.3) is 0 Å². The second-order valence-corrected chi connectivity index (χ2v) is 8.96. The van der Waals surface area contributed by atoms with Crippen LogP contribution in [-0.2, 0) is 4.79 Å². The lowest BCUT2D eigenvalue weighted by molar-refractivity contribution is -0.123. The lowest BCUT2D eigenvalue weighted by Crippen LogP contribution is -2.54. The fraction of sp³-hybridized carbons (Fsp3) is 0.722. The minimum absolute atomic E-state index is 0. The monoisotopic (exact) mass is 540 g/mol. The summed E-state index contributed by atoms with van der Waals surface area (Å²) in [5.74, 6) is 2.13. The Bertz CT molecular complexity index is 577. The van der Waals surface area contributed by atoms with Crippen molar-refractivity contribution in [2.75, 3.05) is 51.6 Å². The van der Waals surface area contributed by atoms with Gasteiger partial charge >= 0.3 is 0 Å². The highest BCUT2D eigenvalue weighted by atomic mass is 127. The van der Waals surface area contributed by atoms with E-state index in [1.54, 1.807) is 23.1 Å². The number of amides is 1. The van der Waals surface area contributed by atoms with Crippen molar-refractivity contribution in [1.82, 2.24) is 25.4 Å². The Balaban J connectivity index is 0.00000392. The number of hydrogen-bond donors (Lipinski definition) is 2. The van der Waals surface area contributed by atoms with E-state index >= 15 is 0 Å². The van der Waals surface area contributed by atoms with Crippen LogP contribution in [0.2, 0.25) is 0 Å². The SMILES string of the molecule is CCNC(=NCCCSc1nccs1)N1CCN(CC(=O)NC(C)C)CC1.I. The first-order valence-electron chi connectivity index (χ1n) is 9.65. The smallest absolute Gasteiger partial charge is 0.234 e. The van der Waals surface area contributed by atoms with Gasteiger partial charge in [-0.2, -0.15) is 0 Å². The van der Waals surface area contributed by atoms with E-state index in [2.05, 4.69) is 32.3 Å². The molecule has 7 nitrogen and oxygen atoms in total. The number of piperazine rings is 1. The van der Waals surface area contributed by atoms with Crippen LogP contribution >= 0.6 is 47.1 Å². The Kier molecular flexibility index (Phi) is 13.1. The Morgan fingerprint density at radius 3 is 2.71 bits per heavy atom. The summed E-state index contributed by atoms with van der Waals surface area (Å²) in [5.41, 5.74) is 0. The Labute approximate surface area is 194 Å². The molecule has 0 atom stereocenters. The maximum atomic E-state index is 11.9. The molecule has 1 fully saturated rings. The molecule has 10 heteroatoms. The van der Waals surface area contributed by atoms with Crippen LogP contribution in [0.3, 0.4) is 0 Å². The maximum Gasteiger partial charge on any atom is 0.234 e. The summed E-state index contributed by atoms with van der Waals surface area (Å²) in [6.07, 6.45) is 2.88. The van der Waals surface area contributed by atoms with Crippen molar-refractivity contribution in [3.8, 4) is 0 Å². The first-order valence-corrected chi connectivity index (χ1v) is 11.5. The van der Waals surface area contributed by atoms with Crippen LogP contribution in [0, 0.1) is 0 Å². The molecule has 1 aliphatic rings. The molecular weight excluding hydrogens is 507 g/mol. The summed E-state index contributed by atoms with van der Waals surface area (Å²) < 4.78 is 1.13. The number of aliphatic imine (C=N–C) groups is 1. The molecule has 1 saturated heterocycles. The summed E-state index contributed by atoms with van der Waals surface area (Å²) in [6, 6.07) is 0.194. The topological polar surface area (TPSA) is 72.9 Å². The minimum Gasteiger partial charge on any atom is -0.357 e. The largest absolute Gasteiger partial charge is 0.357 e. The van der Waals surface area contributed by atoms with Crippen LogP contribution in [0.5, 0.6) is 0 Å². The lowest BCUT2D eigenvalue weighted by atomic mass is 10.3. The molecule has 0 unspecified atom stereocenters. The highest BCUT2D eigenvalue weighted by Crippen LogP contribution is 2.20. The van der Waals surface area contributed by atoms with Crippen LogP contribution in [0.4, 0.5) is 0 Å². The maximum absolute atomic E-state index is 11.9. The summed E-state index contributed by atoms with van der Waals surface area (Å²) in [7, 11) is 0. The van der Waals surface area contributed by atoms with E-state index in [1.165, 1.54) is 0 Å². The normalized spacial score (nSPS) is 15.4. The summed E-state index contributed by atoms with van der Waals surface area (Å²) in [4.78, 5) is 25.5. The zero-order chi connectivity index (χ0) is 19.5. The number of nitrogens with one attached hydrogen (secondary N) is 2. The average molecular weight is 541 g/mol. The average Bonchev–Trinajstić information content (AvgIpc) is 3.14. The van der Waals surface area contributed by atoms with Gasteiger partial charge in [-0.05, 0) is 27.2 Å². The molecule has 1 aromatic rings. The molecule has 0 bridgehead atoms. The van der Waals surface area contributed by atoms with Crippen molar-refractivity contribution >= 4 is 58.9 Å². The fourth-order valence-corrected chi connectivity index (χ4v) is 4.44. The van der Waals surface area contributed by atoms with Crippen LogP contribution in [0.1, 0.15) is 27.2 Å². The quantitative estimate of drug-likeness (QED) is 0.165. The molecule has 1 aliphatic heterocycles. The van der Waals surface area contributed by atoms with Crippen LogP contribution < -0.4 is 10.6 Å². The molecule has 160 valence electrons. The van der Waals surface area contributed by atoms with Gasteiger partial charge in [0.1, 0.15) is 4.34 Å². The third-order valence-electron chi connectivity index (χ3n) is 4.02. The van der Waals surface area contributed by atoms with Crippen molar-refractivity contribution in [3.63, 3.8) is 0 Å². The number of nitrogens with zero attached hydrogens (tertiary/aromatic N) is 4. The molecule has 2 heterocycles. The molecule has 0 radical (unpaired) electrons. The molecule has 0 aliphatic carbocycles. The number of hydrogen-bond acceptors (Lipinski definition) is 6. The summed E-state index contributed by atoms with van der Waals surface area (Å²) >= 11 is 3.49. The highest BCUT2D eigenvalue weighted by molar-refractivity contribution is 14.0. The van der Waals surface area contributed by atoms with Gasteiger partial charge in [-0.3, -0.25) is 14.7 Å². The molecule has 0 spiro atoms. The minimum atomic E-state index is 0. The number of halogens is 1. The number of guanidine groups is 1. The molecule has 2 N–H and O–H groups in total. The number of aromatic nitrogens is 1. The van der Waals surface area contributed by atoms with Gasteiger partial charge in [0.05, 0.1) is 6.54 Å². The van der Waals surface area contributed by atoms with E-state index in [-0.39, 0.29) is 35.9 Å². The number of thioether (sulfide) groups is 1. The van der Waals surface area contributed by atoms with Gasteiger partial charge in [0, 0.05) is 62.6 Å². The zero-order valence-electron chi connectivity index (χ0n) is 17.0. The van der Waals surface area contributed by atoms with Crippen LogP contribution in [0.15, 0.2) is 20.9 Å². The Morgan fingerprint density at radius 2 is 2.11 bits per heavy atom. The van der Waals surface area contributed by atoms with Gasteiger partial charge in [0.15, 0.2) is 5.96 Å². The van der Waals surface area contributed by atoms with Crippen LogP contribution in [-0.4, -0.2) is 84.3 Å².